The molecule has 6 heteroatoms. The smallest absolute Gasteiger partial charge is 0.267 e. The lowest BCUT2D eigenvalue weighted by Gasteiger charge is -2.24. The Morgan fingerprint density at radius 3 is 2.79 bits per heavy atom. The molecule has 0 aliphatic rings. The molecule has 0 aromatic carbocycles. The number of nitrogens with zero attached hydrogens (tertiary/aromatic N) is 1. The molecule has 1 aromatic rings. The second-order valence-corrected chi connectivity index (χ2v) is 5.26. The second kappa shape index (κ2) is 6.65. The maximum Gasteiger partial charge on any atom is 0.267 e. The van der Waals surface area contributed by atoms with Crippen LogP contribution in [0, 0.1) is 5.41 Å². The first-order valence-electron chi connectivity index (χ1n) is 6.18. The number of aliphatic hydroxyl groups is 1. The third-order valence-corrected chi connectivity index (χ3v) is 2.91. The highest BCUT2D eigenvalue weighted by Crippen LogP contribution is 2.18. The number of carbonyl (C=O) groups excluding carboxylic acids is 1. The molecule has 1 amide bonds. The average Bonchev–Trinajstić information content (AvgIpc) is 2.73. The van der Waals surface area contributed by atoms with Gasteiger partial charge in [-0.2, -0.15) is 0 Å². The fraction of sp³-hybridized carbons (Fsp3) is 0.615. The van der Waals surface area contributed by atoms with Crippen LogP contribution >= 0.6 is 0 Å². The van der Waals surface area contributed by atoms with E-state index >= 15 is 0 Å². The van der Waals surface area contributed by atoms with Crippen molar-refractivity contribution in [3.8, 4) is 0 Å². The molecule has 1 rings (SSSR count). The van der Waals surface area contributed by atoms with E-state index in [1.54, 1.807) is 6.07 Å². The van der Waals surface area contributed by atoms with Crippen molar-refractivity contribution in [2.24, 2.45) is 5.41 Å². The molecule has 0 radical (unpaired) electrons. The molecule has 1 aromatic heterocycles. The van der Waals surface area contributed by atoms with E-state index < -0.39 is 13.0 Å². The van der Waals surface area contributed by atoms with Crippen molar-refractivity contribution in [1.82, 2.24) is 9.88 Å². The third kappa shape index (κ3) is 4.98. The zero-order chi connectivity index (χ0) is 14.5. The molecule has 0 bridgehead atoms. The molecule has 108 valence electrons. The first-order valence-corrected chi connectivity index (χ1v) is 6.18. The van der Waals surface area contributed by atoms with Crippen molar-refractivity contribution in [1.29, 1.82) is 0 Å². The fourth-order valence-corrected chi connectivity index (χ4v) is 1.73. The summed E-state index contributed by atoms with van der Waals surface area (Å²) in [5.74, 6) is -0.378. The number of amides is 1. The summed E-state index contributed by atoms with van der Waals surface area (Å²) in [6, 6.07) is 3.08. The molecule has 1 heterocycles. The summed E-state index contributed by atoms with van der Waals surface area (Å²) >= 11 is 0. The lowest BCUT2D eigenvalue weighted by Crippen LogP contribution is -2.35. The normalized spacial score (nSPS) is 11.9. The van der Waals surface area contributed by atoms with Gasteiger partial charge in [-0.25, -0.2) is 8.78 Å². The SMILES string of the molecule is CC(C)(CCO)CNC(=O)c1cccn1CC(F)F. The number of nitrogens with one attached hydrogen (secondary N) is 1. The Morgan fingerprint density at radius 1 is 1.53 bits per heavy atom. The summed E-state index contributed by atoms with van der Waals surface area (Å²) in [5.41, 5.74) is -0.00929. The Bertz CT molecular complexity index is 417. The van der Waals surface area contributed by atoms with Gasteiger partial charge >= 0.3 is 0 Å². The molecule has 0 saturated heterocycles. The number of hydrogen-bond donors (Lipinski definition) is 2. The van der Waals surface area contributed by atoms with Crippen molar-refractivity contribution in [2.45, 2.75) is 33.2 Å². The van der Waals surface area contributed by atoms with Crippen LogP contribution < -0.4 is 5.32 Å². The first kappa shape index (κ1) is 15.6. The van der Waals surface area contributed by atoms with Gasteiger partial charge in [-0.15, -0.1) is 0 Å². The van der Waals surface area contributed by atoms with Crippen LogP contribution in [0.2, 0.25) is 0 Å². The minimum Gasteiger partial charge on any atom is -0.396 e. The maximum atomic E-state index is 12.3. The average molecular weight is 274 g/mol. The van der Waals surface area contributed by atoms with E-state index in [9.17, 15) is 13.6 Å². The van der Waals surface area contributed by atoms with E-state index in [2.05, 4.69) is 5.32 Å². The molecule has 4 nitrogen and oxygen atoms in total. The molecule has 0 aliphatic heterocycles. The van der Waals surface area contributed by atoms with Gasteiger partial charge in [0.15, 0.2) is 0 Å². The zero-order valence-corrected chi connectivity index (χ0v) is 11.2. The maximum absolute atomic E-state index is 12.3. The van der Waals surface area contributed by atoms with Crippen molar-refractivity contribution in [3.63, 3.8) is 0 Å². The van der Waals surface area contributed by atoms with Gasteiger partial charge in [0.25, 0.3) is 12.3 Å². The van der Waals surface area contributed by atoms with Crippen LogP contribution in [0.1, 0.15) is 30.8 Å². The predicted octanol–water partition coefficient (Wildman–Crippen LogP) is 1.89. The second-order valence-electron chi connectivity index (χ2n) is 5.26. The predicted molar refractivity (Wildman–Crippen MR) is 68.3 cm³/mol. The van der Waals surface area contributed by atoms with E-state index in [1.165, 1.54) is 16.8 Å². The van der Waals surface area contributed by atoms with Crippen molar-refractivity contribution < 1.29 is 18.7 Å². The van der Waals surface area contributed by atoms with Gasteiger partial charge in [-0.3, -0.25) is 4.79 Å². The van der Waals surface area contributed by atoms with Crippen molar-refractivity contribution in [2.75, 3.05) is 13.2 Å². The Balaban J connectivity index is 2.61. The van der Waals surface area contributed by atoms with Gasteiger partial charge in [0, 0.05) is 19.3 Å². The van der Waals surface area contributed by atoms with E-state index in [-0.39, 0.29) is 23.6 Å². The number of rotatable bonds is 7. The van der Waals surface area contributed by atoms with Gasteiger partial charge in [0.1, 0.15) is 5.69 Å². The largest absolute Gasteiger partial charge is 0.396 e. The number of hydrogen-bond acceptors (Lipinski definition) is 2. The van der Waals surface area contributed by atoms with Crippen molar-refractivity contribution in [3.05, 3.63) is 24.0 Å². The minimum absolute atomic E-state index is 0.0463. The standard InChI is InChI=1S/C13H20F2N2O2/c1-13(2,5-7-18)9-16-12(19)10-4-3-6-17(10)8-11(14)15/h3-4,6,11,18H,5,7-9H2,1-2H3,(H,16,19). The van der Waals surface area contributed by atoms with Gasteiger partial charge in [-0.1, -0.05) is 13.8 Å². The fourth-order valence-electron chi connectivity index (χ4n) is 1.73. The molecular weight excluding hydrogens is 254 g/mol. The van der Waals surface area contributed by atoms with Crippen LogP contribution in [-0.4, -0.2) is 35.2 Å². The molecule has 2 N–H and O–H groups in total. The summed E-state index contributed by atoms with van der Waals surface area (Å²) in [5, 5.41) is 11.6. The molecular formula is C13H20F2N2O2. The molecule has 0 spiro atoms. The number of aliphatic hydroxyl groups excluding tert-OH is 1. The van der Waals surface area contributed by atoms with Crippen molar-refractivity contribution >= 4 is 5.91 Å². The minimum atomic E-state index is -2.50. The van der Waals surface area contributed by atoms with E-state index in [0.29, 0.717) is 13.0 Å². The Kier molecular flexibility index (Phi) is 5.47. The van der Waals surface area contributed by atoms with E-state index in [0.717, 1.165) is 0 Å². The Labute approximate surface area is 111 Å². The molecule has 0 unspecified atom stereocenters. The van der Waals surface area contributed by atoms with Gasteiger partial charge < -0.3 is 15.0 Å². The number of aromatic nitrogens is 1. The third-order valence-electron chi connectivity index (χ3n) is 2.91. The van der Waals surface area contributed by atoms with Crippen LogP contribution in [0.3, 0.4) is 0 Å². The highest BCUT2D eigenvalue weighted by molar-refractivity contribution is 5.92. The number of carbonyl (C=O) groups is 1. The van der Waals surface area contributed by atoms with E-state index in [4.69, 9.17) is 5.11 Å². The highest BCUT2D eigenvalue weighted by Gasteiger charge is 2.20. The zero-order valence-electron chi connectivity index (χ0n) is 11.2. The Morgan fingerprint density at radius 2 is 2.21 bits per heavy atom. The van der Waals surface area contributed by atoms with Crippen LogP contribution in [0.5, 0.6) is 0 Å². The van der Waals surface area contributed by atoms with Crippen LogP contribution in [-0.2, 0) is 6.54 Å². The lowest BCUT2D eigenvalue weighted by molar-refractivity contribution is 0.0906. The molecule has 0 aliphatic carbocycles. The number of alkyl halides is 2. The molecule has 0 atom stereocenters. The monoisotopic (exact) mass is 274 g/mol. The lowest BCUT2D eigenvalue weighted by atomic mass is 9.90. The van der Waals surface area contributed by atoms with Crippen LogP contribution in [0.15, 0.2) is 18.3 Å². The topological polar surface area (TPSA) is 54.3 Å². The summed E-state index contributed by atoms with van der Waals surface area (Å²) in [4.78, 5) is 11.9. The summed E-state index contributed by atoms with van der Waals surface area (Å²) in [6.45, 7) is 3.77. The Hall–Kier alpha value is -1.43. The molecule has 0 saturated carbocycles. The summed E-state index contributed by atoms with van der Waals surface area (Å²) in [6.07, 6.45) is -0.476. The molecule has 0 fully saturated rings. The summed E-state index contributed by atoms with van der Waals surface area (Å²) < 4.78 is 25.9. The highest BCUT2D eigenvalue weighted by atomic mass is 19.3. The molecule has 19 heavy (non-hydrogen) atoms. The quantitative estimate of drug-likeness (QED) is 0.798. The van der Waals surface area contributed by atoms with Crippen LogP contribution in [0.4, 0.5) is 8.78 Å². The number of halogens is 2. The van der Waals surface area contributed by atoms with E-state index in [1.807, 2.05) is 13.8 Å². The van der Waals surface area contributed by atoms with Gasteiger partial charge in [0.05, 0.1) is 6.54 Å². The van der Waals surface area contributed by atoms with Gasteiger partial charge in [0.2, 0.25) is 0 Å². The van der Waals surface area contributed by atoms with Gasteiger partial charge in [-0.05, 0) is 24.0 Å². The van der Waals surface area contributed by atoms with Crippen LogP contribution in [0.25, 0.3) is 0 Å². The summed E-state index contributed by atoms with van der Waals surface area (Å²) in [7, 11) is 0. The first-order chi connectivity index (χ1) is 8.85.